The van der Waals surface area contributed by atoms with Crippen LogP contribution in [0.25, 0.3) is 0 Å². The van der Waals surface area contributed by atoms with E-state index in [9.17, 15) is 5.11 Å². The normalized spacial score (nSPS) is 14.2. The van der Waals surface area contributed by atoms with Crippen LogP contribution in [0.2, 0.25) is 0 Å². The zero-order chi connectivity index (χ0) is 9.28. The van der Waals surface area contributed by atoms with Gasteiger partial charge in [0.2, 0.25) is 0 Å². The molecule has 0 saturated carbocycles. The highest BCUT2D eigenvalue weighted by Crippen LogP contribution is 2.24. The van der Waals surface area contributed by atoms with Crippen LogP contribution in [-0.4, -0.2) is 35.5 Å². The highest BCUT2D eigenvalue weighted by atomic mass is 16.7. The molecule has 0 rings (SSSR count). The summed E-state index contributed by atoms with van der Waals surface area (Å²) < 4.78 is 0. The summed E-state index contributed by atoms with van der Waals surface area (Å²) in [5.74, 6) is 0. The van der Waals surface area contributed by atoms with E-state index in [4.69, 9.17) is 4.84 Å². The molecule has 0 aliphatic rings. The number of aliphatic hydroxyl groups is 1. The van der Waals surface area contributed by atoms with E-state index >= 15 is 0 Å². The van der Waals surface area contributed by atoms with Crippen LogP contribution in [0.4, 0.5) is 0 Å². The minimum atomic E-state index is -0.836. The number of hydrogen-bond donors (Lipinski definition) is 1. The standard InChI is InChI=1S/C8H19NO2/c1-7(2,10)8(3,4)11-9(5)6/h10H,1-6H3. The molecular formula is C8H19NO2. The molecule has 0 spiro atoms. The molecule has 0 unspecified atom stereocenters. The SMILES string of the molecule is CN(C)OC(C)(C)C(C)(C)O. The molecule has 11 heavy (non-hydrogen) atoms. The Morgan fingerprint density at radius 2 is 1.45 bits per heavy atom. The van der Waals surface area contributed by atoms with Crippen LogP contribution in [0.3, 0.4) is 0 Å². The van der Waals surface area contributed by atoms with Gasteiger partial charge >= 0.3 is 0 Å². The van der Waals surface area contributed by atoms with Crippen LogP contribution in [0, 0.1) is 0 Å². The number of hydrogen-bond acceptors (Lipinski definition) is 3. The minimum Gasteiger partial charge on any atom is -0.387 e. The van der Waals surface area contributed by atoms with E-state index in [0.29, 0.717) is 0 Å². The lowest BCUT2D eigenvalue weighted by molar-refractivity contribution is -0.262. The summed E-state index contributed by atoms with van der Waals surface area (Å²) in [5, 5.41) is 11.2. The average molecular weight is 161 g/mol. The summed E-state index contributed by atoms with van der Waals surface area (Å²) in [6, 6.07) is 0. The van der Waals surface area contributed by atoms with Gasteiger partial charge in [-0.3, -0.25) is 4.84 Å². The summed E-state index contributed by atoms with van der Waals surface area (Å²) in [7, 11) is 3.60. The minimum absolute atomic E-state index is 0.559. The van der Waals surface area contributed by atoms with Crippen molar-refractivity contribution in [2.45, 2.75) is 38.9 Å². The molecule has 1 N–H and O–H groups in total. The average Bonchev–Trinajstić information content (AvgIpc) is 1.56. The fourth-order valence-corrected chi connectivity index (χ4v) is 0.568. The third-order valence-corrected chi connectivity index (χ3v) is 1.88. The Morgan fingerprint density at radius 1 is 1.09 bits per heavy atom. The Kier molecular flexibility index (Phi) is 3.06. The number of rotatable bonds is 3. The van der Waals surface area contributed by atoms with E-state index in [2.05, 4.69) is 0 Å². The van der Waals surface area contributed by atoms with E-state index < -0.39 is 11.2 Å². The van der Waals surface area contributed by atoms with Gasteiger partial charge in [-0.25, -0.2) is 0 Å². The lowest BCUT2D eigenvalue weighted by atomic mass is 9.90. The zero-order valence-corrected chi connectivity index (χ0v) is 8.30. The molecule has 0 atom stereocenters. The zero-order valence-electron chi connectivity index (χ0n) is 8.30. The predicted octanol–water partition coefficient (Wildman–Crippen LogP) is 1.03. The first-order chi connectivity index (χ1) is 4.67. The third kappa shape index (κ3) is 3.18. The molecule has 0 aromatic carbocycles. The lowest BCUT2D eigenvalue weighted by Crippen LogP contribution is -2.49. The van der Waals surface area contributed by atoms with Crippen molar-refractivity contribution in [3.63, 3.8) is 0 Å². The van der Waals surface area contributed by atoms with Crippen LogP contribution in [-0.2, 0) is 4.84 Å². The molecule has 0 saturated heterocycles. The summed E-state index contributed by atoms with van der Waals surface area (Å²) in [6.07, 6.45) is 0. The first-order valence-corrected chi connectivity index (χ1v) is 3.75. The van der Waals surface area contributed by atoms with Gasteiger partial charge in [-0.15, -0.1) is 0 Å². The van der Waals surface area contributed by atoms with Crippen molar-refractivity contribution in [3.8, 4) is 0 Å². The Balaban J connectivity index is 4.22. The van der Waals surface area contributed by atoms with E-state index in [0.717, 1.165) is 0 Å². The summed E-state index contributed by atoms with van der Waals surface area (Å²) in [4.78, 5) is 5.39. The van der Waals surface area contributed by atoms with Crippen molar-refractivity contribution < 1.29 is 9.94 Å². The monoisotopic (exact) mass is 161 g/mol. The largest absolute Gasteiger partial charge is 0.387 e. The quantitative estimate of drug-likeness (QED) is 0.627. The fourth-order valence-electron chi connectivity index (χ4n) is 0.568. The second kappa shape index (κ2) is 3.09. The molecular weight excluding hydrogens is 142 g/mol. The van der Waals surface area contributed by atoms with Gasteiger partial charge in [0, 0.05) is 14.1 Å². The van der Waals surface area contributed by atoms with E-state index in [1.54, 1.807) is 33.0 Å². The number of nitrogens with zero attached hydrogens (tertiary/aromatic N) is 1. The van der Waals surface area contributed by atoms with Crippen LogP contribution in [0.5, 0.6) is 0 Å². The molecule has 0 aromatic rings. The van der Waals surface area contributed by atoms with Crippen LogP contribution < -0.4 is 0 Å². The highest BCUT2D eigenvalue weighted by Gasteiger charge is 2.37. The molecule has 0 amide bonds. The van der Waals surface area contributed by atoms with Crippen molar-refractivity contribution in [3.05, 3.63) is 0 Å². The van der Waals surface area contributed by atoms with Gasteiger partial charge in [-0.05, 0) is 27.7 Å². The van der Waals surface area contributed by atoms with Crippen molar-refractivity contribution in [1.29, 1.82) is 0 Å². The highest BCUT2D eigenvalue weighted by molar-refractivity contribution is 4.86. The molecule has 0 aliphatic carbocycles. The first kappa shape index (κ1) is 10.9. The molecule has 0 aliphatic heterocycles. The molecule has 0 bridgehead atoms. The second-order valence-electron chi connectivity index (χ2n) is 3.97. The first-order valence-electron chi connectivity index (χ1n) is 3.75. The Hall–Kier alpha value is -0.120. The fraction of sp³-hybridized carbons (Fsp3) is 1.00. The van der Waals surface area contributed by atoms with E-state index in [1.807, 2.05) is 13.8 Å². The van der Waals surface area contributed by atoms with Crippen LogP contribution in [0.15, 0.2) is 0 Å². The van der Waals surface area contributed by atoms with Gasteiger partial charge in [0.15, 0.2) is 0 Å². The van der Waals surface area contributed by atoms with E-state index in [-0.39, 0.29) is 0 Å². The molecule has 0 aromatic heterocycles. The Morgan fingerprint density at radius 3 is 1.55 bits per heavy atom. The van der Waals surface area contributed by atoms with Gasteiger partial charge < -0.3 is 5.11 Å². The van der Waals surface area contributed by atoms with Crippen molar-refractivity contribution in [1.82, 2.24) is 5.06 Å². The Bertz CT molecular complexity index is 125. The van der Waals surface area contributed by atoms with Gasteiger partial charge in [0.25, 0.3) is 0 Å². The molecule has 0 radical (unpaired) electrons. The summed E-state index contributed by atoms with van der Waals surface area (Å²) in [6.45, 7) is 7.17. The molecule has 3 nitrogen and oxygen atoms in total. The lowest BCUT2D eigenvalue weighted by Gasteiger charge is -2.38. The Labute approximate surface area is 68.9 Å². The van der Waals surface area contributed by atoms with Gasteiger partial charge in [-0.1, -0.05) is 0 Å². The van der Waals surface area contributed by atoms with E-state index in [1.165, 1.54) is 0 Å². The van der Waals surface area contributed by atoms with Crippen molar-refractivity contribution in [2.24, 2.45) is 0 Å². The predicted molar refractivity (Wildman–Crippen MR) is 45.1 cm³/mol. The van der Waals surface area contributed by atoms with Crippen molar-refractivity contribution in [2.75, 3.05) is 14.1 Å². The number of hydroxylamine groups is 2. The molecule has 3 heteroatoms. The van der Waals surface area contributed by atoms with Crippen LogP contribution >= 0.6 is 0 Å². The maximum absolute atomic E-state index is 9.64. The molecule has 0 fully saturated rings. The summed E-state index contributed by atoms with van der Waals surface area (Å²) >= 11 is 0. The van der Waals surface area contributed by atoms with Gasteiger partial charge in [-0.2, -0.15) is 5.06 Å². The van der Waals surface area contributed by atoms with Gasteiger partial charge in [0.05, 0.1) is 5.60 Å². The van der Waals surface area contributed by atoms with Crippen molar-refractivity contribution >= 4 is 0 Å². The van der Waals surface area contributed by atoms with Gasteiger partial charge in [0.1, 0.15) is 5.60 Å². The summed E-state index contributed by atoms with van der Waals surface area (Å²) in [5.41, 5.74) is -1.40. The molecule has 68 valence electrons. The van der Waals surface area contributed by atoms with Crippen LogP contribution in [0.1, 0.15) is 27.7 Å². The smallest absolute Gasteiger partial charge is 0.112 e. The maximum atomic E-state index is 9.64. The third-order valence-electron chi connectivity index (χ3n) is 1.88. The second-order valence-corrected chi connectivity index (χ2v) is 3.97. The molecule has 0 heterocycles. The maximum Gasteiger partial charge on any atom is 0.112 e. The topological polar surface area (TPSA) is 32.7 Å².